The number of carbonyl (C=O) groups is 1. The van der Waals surface area contributed by atoms with E-state index < -0.39 is 5.97 Å². The number of rotatable bonds is 4. The van der Waals surface area contributed by atoms with Gasteiger partial charge in [0.25, 0.3) is 0 Å². The number of nitrogens with zero attached hydrogens (tertiary/aromatic N) is 2. The SMILES string of the molecule is CC(C)N(CC(=O)O)c1nccc2occc12. The highest BCUT2D eigenvalue weighted by Gasteiger charge is 2.18. The molecule has 2 heterocycles. The summed E-state index contributed by atoms with van der Waals surface area (Å²) in [7, 11) is 0. The third-order valence-corrected chi connectivity index (χ3v) is 2.56. The topological polar surface area (TPSA) is 66.6 Å². The summed E-state index contributed by atoms with van der Waals surface area (Å²) in [5, 5.41) is 9.76. The van der Waals surface area contributed by atoms with Crippen molar-refractivity contribution in [1.82, 2.24) is 4.98 Å². The van der Waals surface area contributed by atoms with Gasteiger partial charge in [0, 0.05) is 12.2 Å². The van der Waals surface area contributed by atoms with Crippen molar-refractivity contribution in [3.05, 3.63) is 24.6 Å². The van der Waals surface area contributed by atoms with Gasteiger partial charge in [-0.25, -0.2) is 4.98 Å². The van der Waals surface area contributed by atoms with Gasteiger partial charge >= 0.3 is 5.97 Å². The average Bonchev–Trinajstić information content (AvgIpc) is 2.73. The highest BCUT2D eigenvalue weighted by Crippen LogP contribution is 2.26. The number of aliphatic carboxylic acids is 1. The predicted molar refractivity (Wildman–Crippen MR) is 64.1 cm³/mol. The van der Waals surface area contributed by atoms with Crippen LogP contribution in [0, 0.1) is 0 Å². The van der Waals surface area contributed by atoms with Crippen LogP contribution < -0.4 is 4.90 Å². The van der Waals surface area contributed by atoms with Gasteiger partial charge in [0.05, 0.1) is 11.6 Å². The molecule has 1 N–H and O–H groups in total. The summed E-state index contributed by atoms with van der Waals surface area (Å²) < 4.78 is 5.28. The van der Waals surface area contributed by atoms with Gasteiger partial charge in [-0.2, -0.15) is 0 Å². The molecule has 0 amide bonds. The minimum Gasteiger partial charge on any atom is -0.480 e. The molecule has 0 fully saturated rings. The fraction of sp³-hybridized carbons (Fsp3) is 0.333. The van der Waals surface area contributed by atoms with Crippen LogP contribution in [-0.2, 0) is 4.79 Å². The number of carboxylic acids is 1. The summed E-state index contributed by atoms with van der Waals surface area (Å²) in [6.07, 6.45) is 3.20. The van der Waals surface area contributed by atoms with E-state index in [1.165, 1.54) is 0 Å². The van der Waals surface area contributed by atoms with Crippen molar-refractivity contribution in [3.8, 4) is 0 Å². The number of fused-ring (bicyclic) bond motifs is 1. The third kappa shape index (κ3) is 2.22. The Morgan fingerprint density at radius 2 is 2.29 bits per heavy atom. The summed E-state index contributed by atoms with van der Waals surface area (Å²) in [5.41, 5.74) is 0.714. The minimum absolute atomic E-state index is 0.0547. The number of aromatic nitrogens is 1. The number of pyridine rings is 1. The monoisotopic (exact) mass is 234 g/mol. The molecule has 0 unspecified atom stereocenters. The molecule has 2 rings (SSSR count). The third-order valence-electron chi connectivity index (χ3n) is 2.56. The van der Waals surface area contributed by atoms with Crippen molar-refractivity contribution in [2.45, 2.75) is 19.9 Å². The van der Waals surface area contributed by atoms with Crippen LogP contribution in [0.15, 0.2) is 29.0 Å². The second-order valence-corrected chi connectivity index (χ2v) is 4.08. The lowest BCUT2D eigenvalue weighted by Gasteiger charge is -2.26. The molecule has 0 saturated heterocycles. The van der Waals surface area contributed by atoms with Crippen LogP contribution in [0.1, 0.15) is 13.8 Å². The molecule has 0 bridgehead atoms. The van der Waals surface area contributed by atoms with Gasteiger partial charge in [0.15, 0.2) is 0 Å². The van der Waals surface area contributed by atoms with Crippen molar-refractivity contribution in [2.75, 3.05) is 11.4 Å². The van der Waals surface area contributed by atoms with Gasteiger partial charge in [-0.15, -0.1) is 0 Å². The number of hydrogen-bond donors (Lipinski definition) is 1. The van der Waals surface area contributed by atoms with E-state index in [2.05, 4.69) is 4.98 Å². The van der Waals surface area contributed by atoms with Crippen LogP contribution in [0.2, 0.25) is 0 Å². The lowest BCUT2D eigenvalue weighted by molar-refractivity contribution is -0.135. The highest BCUT2D eigenvalue weighted by atomic mass is 16.4. The van der Waals surface area contributed by atoms with Crippen molar-refractivity contribution in [2.24, 2.45) is 0 Å². The maximum Gasteiger partial charge on any atom is 0.323 e. The first-order valence-electron chi connectivity index (χ1n) is 5.40. The zero-order chi connectivity index (χ0) is 12.4. The zero-order valence-electron chi connectivity index (χ0n) is 9.75. The quantitative estimate of drug-likeness (QED) is 0.877. The zero-order valence-corrected chi connectivity index (χ0v) is 9.75. The van der Waals surface area contributed by atoms with E-state index in [0.717, 1.165) is 5.39 Å². The van der Waals surface area contributed by atoms with E-state index in [4.69, 9.17) is 9.52 Å². The van der Waals surface area contributed by atoms with Crippen molar-refractivity contribution >= 4 is 22.8 Å². The standard InChI is InChI=1S/C12H14N2O3/c1-8(2)14(7-11(15)16)12-9-4-6-17-10(9)3-5-13-12/h3-6,8H,7H2,1-2H3,(H,15,16). The molecule has 17 heavy (non-hydrogen) atoms. The first-order chi connectivity index (χ1) is 8.09. The lowest BCUT2D eigenvalue weighted by atomic mass is 10.2. The van der Waals surface area contributed by atoms with Crippen molar-refractivity contribution in [1.29, 1.82) is 0 Å². The van der Waals surface area contributed by atoms with E-state index >= 15 is 0 Å². The average molecular weight is 234 g/mol. The van der Waals surface area contributed by atoms with Crippen LogP contribution in [0.5, 0.6) is 0 Å². The fourth-order valence-electron chi connectivity index (χ4n) is 1.76. The Morgan fingerprint density at radius 3 is 2.94 bits per heavy atom. The number of hydrogen-bond acceptors (Lipinski definition) is 4. The molecule has 2 aromatic heterocycles. The largest absolute Gasteiger partial charge is 0.480 e. The molecular formula is C12H14N2O3. The van der Waals surface area contributed by atoms with E-state index in [1.807, 2.05) is 13.8 Å². The van der Waals surface area contributed by atoms with E-state index in [1.54, 1.807) is 29.5 Å². The lowest BCUT2D eigenvalue weighted by Crippen LogP contribution is -2.36. The van der Waals surface area contributed by atoms with Crippen LogP contribution in [0.25, 0.3) is 11.0 Å². The van der Waals surface area contributed by atoms with Gasteiger partial charge in [0.2, 0.25) is 0 Å². The van der Waals surface area contributed by atoms with Gasteiger partial charge < -0.3 is 14.4 Å². The molecule has 5 heteroatoms. The summed E-state index contributed by atoms with van der Waals surface area (Å²) in [4.78, 5) is 16.9. The maximum atomic E-state index is 10.9. The molecule has 0 radical (unpaired) electrons. The molecular weight excluding hydrogens is 220 g/mol. The fourth-order valence-corrected chi connectivity index (χ4v) is 1.76. The van der Waals surface area contributed by atoms with Gasteiger partial charge in [-0.3, -0.25) is 4.79 Å². The Bertz CT molecular complexity index is 533. The normalized spacial score (nSPS) is 11.0. The van der Waals surface area contributed by atoms with Crippen LogP contribution in [0.4, 0.5) is 5.82 Å². The van der Waals surface area contributed by atoms with Crippen LogP contribution in [0.3, 0.4) is 0 Å². The summed E-state index contributed by atoms with van der Waals surface area (Å²) in [5.74, 6) is -0.227. The summed E-state index contributed by atoms with van der Waals surface area (Å²) in [6.45, 7) is 3.79. The Morgan fingerprint density at radius 1 is 1.53 bits per heavy atom. The van der Waals surface area contributed by atoms with Gasteiger partial charge in [0.1, 0.15) is 17.9 Å². The molecule has 90 valence electrons. The number of carboxylic acid groups (broad SMARTS) is 1. The predicted octanol–water partition coefficient (Wildman–Crippen LogP) is 2.13. The Kier molecular flexibility index (Phi) is 2.99. The second-order valence-electron chi connectivity index (χ2n) is 4.08. The smallest absolute Gasteiger partial charge is 0.323 e. The molecule has 0 aromatic carbocycles. The molecule has 0 aliphatic heterocycles. The van der Waals surface area contributed by atoms with E-state index in [-0.39, 0.29) is 12.6 Å². The first kappa shape index (κ1) is 11.4. The molecule has 5 nitrogen and oxygen atoms in total. The summed E-state index contributed by atoms with van der Waals surface area (Å²) in [6, 6.07) is 3.62. The number of furan rings is 1. The van der Waals surface area contributed by atoms with Crippen molar-refractivity contribution in [3.63, 3.8) is 0 Å². The molecule has 0 saturated carbocycles. The molecule has 0 aliphatic carbocycles. The van der Waals surface area contributed by atoms with E-state index in [0.29, 0.717) is 11.4 Å². The second kappa shape index (κ2) is 4.45. The molecule has 2 aromatic rings. The molecule has 0 aliphatic rings. The van der Waals surface area contributed by atoms with Crippen molar-refractivity contribution < 1.29 is 14.3 Å². The first-order valence-corrected chi connectivity index (χ1v) is 5.40. The van der Waals surface area contributed by atoms with Crippen LogP contribution >= 0.6 is 0 Å². The van der Waals surface area contributed by atoms with E-state index in [9.17, 15) is 4.79 Å². The number of anilines is 1. The minimum atomic E-state index is -0.874. The Hall–Kier alpha value is -2.04. The molecule has 0 atom stereocenters. The Balaban J connectivity index is 2.48. The van der Waals surface area contributed by atoms with Gasteiger partial charge in [-0.1, -0.05) is 0 Å². The van der Waals surface area contributed by atoms with Crippen LogP contribution in [-0.4, -0.2) is 28.6 Å². The maximum absolute atomic E-state index is 10.9. The molecule has 0 spiro atoms. The Labute approximate surface area is 98.7 Å². The highest BCUT2D eigenvalue weighted by molar-refractivity contribution is 5.90. The summed E-state index contributed by atoms with van der Waals surface area (Å²) >= 11 is 0. The van der Waals surface area contributed by atoms with Gasteiger partial charge in [-0.05, 0) is 26.0 Å².